The lowest BCUT2D eigenvalue weighted by atomic mass is 10.1. The van der Waals surface area contributed by atoms with Crippen LogP contribution in [0.4, 0.5) is 11.4 Å². The van der Waals surface area contributed by atoms with Gasteiger partial charge >= 0.3 is 0 Å². The van der Waals surface area contributed by atoms with Gasteiger partial charge in [-0.2, -0.15) is 0 Å². The van der Waals surface area contributed by atoms with Gasteiger partial charge in [-0.05, 0) is 43.3 Å². The normalized spacial score (nSPS) is 12.5. The average Bonchev–Trinajstić information content (AvgIpc) is 2.77. The molecule has 1 aliphatic rings. The van der Waals surface area contributed by atoms with Crippen molar-refractivity contribution in [2.75, 3.05) is 17.3 Å². The molecule has 0 aromatic heterocycles. The molecule has 0 unspecified atom stereocenters. The SMILES string of the molecule is Cc1ccc(C(=O)Nc2ccc3c(c2)Oc2ccccc2C(=O)N3C)cc1. The first kappa shape index (κ1) is 16.8. The highest BCUT2D eigenvalue weighted by molar-refractivity contribution is 6.10. The largest absolute Gasteiger partial charge is 0.454 e. The van der Waals surface area contributed by atoms with E-state index in [-0.39, 0.29) is 11.8 Å². The molecule has 3 aromatic rings. The molecular weight excluding hydrogens is 340 g/mol. The topological polar surface area (TPSA) is 58.6 Å². The van der Waals surface area contributed by atoms with Crippen molar-refractivity contribution in [3.05, 3.63) is 83.4 Å². The monoisotopic (exact) mass is 358 g/mol. The molecule has 0 fully saturated rings. The zero-order chi connectivity index (χ0) is 19.0. The molecule has 134 valence electrons. The molecule has 2 amide bonds. The van der Waals surface area contributed by atoms with Gasteiger partial charge in [0.1, 0.15) is 5.75 Å². The number of para-hydroxylation sites is 1. The van der Waals surface area contributed by atoms with E-state index >= 15 is 0 Å². The molecule has 3 aromatic carbocycles. The van der Waals surface area contributed by atoms with Crippen LogP contribution in [0.2, 0.25) is 0 Å². The van der Waals surface area contributed by atoms with Crippen molar-refractivity contribution < 1.29 is 14.3 Å². The summed E-state index contributed by atoms with van der Waals surface area (Å²) < 4.78 is 5.97. The van der Waals surface area contributed by atoms with Crippen LogP contribution in [-0.4, -0.2) is 18.9 Å². The van der Waals surface area contributed by atoms with Gasteiger partial charge < -0.3 is 15.0 Å². The highest BCUT2D eigenvalue weighted by Crippen LogP contribution is 2.39. The van der Waals surface area contributed by atoms with Gasteiger partial charge in [-0.15, -0.1) is 0 Å². The number of nitrogens with zero attached hydrogens (tertiary/aromatic N) is 1. The number of hydrogen-bond acceptors (Lipinski definition) is 3. The van der Waals surface area contributed by atoms with Crippen LogP contribution in [0.1, 0.15) is 26.3 Å². The molecule has 0 spiro atoms. The highest BCUT2D eigenvalue weighted by atomic mass is 16.5. The number of benzene rings is 3. The molecular formula is C22H18N2O3. The summed E-state index contributed by atoms with van der Waals surface area (Å²) in [6, 6.07) is 19.7. The van der Waals surface area contributed by atoms with Crippen molar-refractivity contribution in [2.24, 2.45) is 0 Å². The van der Waals surface area contributed by atoms with E-state index in [1.165, 1.54) is 0 Å². The molecule has 0 aliphatic carbocycles. The summed E-state index contributed by atoms with van der Waals surface area (Å²) in [6.45, 7) is 1.97. The van der Waals surface area contributed by atoms with Gasteiger partial charge in [0.15, 0.2) is 5.75 Å². The van der Waals surface area contributed by atoms with E-state index in [1.54, 1.807) is 60.5 Å². The van der Waals surface area contributed by atoms with Crippen molar-refractivity contribution >= 4 is 23.2 Å². The minimum absolute atomic E-state index is 0.138. The maximum atomic E-state index is 12.7. The number of anilines is 2. The van der Waals surface area contributed by atoms with Crippen LogP contribution in [-0.2, 0) is 0 Å². The van der Waals surface area contributed by atoms with E-state index in [0.717, 1.165) is 5.56 Å². The van der Waals surface area contributed by atoms with Gasteiger partial charge in [-0.3, -0.25) is 9.59 Å². The fraction of sp³-hybridized carbons (Fsp3) is 0.0909. The molecule has 0 atom stereocenters. The molecule has 0 saturated carbocycles. The fourth-order valence-electron chi connectivity index (χ4n) is 3.00. The van der Waals surface area contributed by atoms with Crippen LogP contribution in [0.25, 0.3) is 0 Å². The van der Waals surface area contributed by atoms with Crippen molar-refractivity contribution in [1.82, 2.24) is 0 Å². The number of nitrogens with one attached hydrogen (secondary N) is 1. The number of carbonyl (C=O) groups is 2. The van der Waals surface area contributed by atoms with E-state index in [1.807, 2.05) is 25.1 Å². The van der Waals surface area contributed by atoms with Crippen molar-refractivity contribution in [3.8, 4) is 11.5 Å². The predicted octanol–water partition coefficient (Wildman–Crippen LogP) is 4.63. The van der Waals surface area contributed by atoms with Gasteiger partial charge in [0.25, 0.3) is 11.8 Å². The summed E-state index contributed by atoms with van der Waals surface area (Å²) in [4.78, 5) is 26.7. The Kier molecular flexibility index (Phi) is 4.12. The Labute approximate surface area is 157 Å². The Balaban J connectivity index is 1.66. The first-order chi connectivity index (χ1) is 13.0. The molecule has 1 heterocycles. The van der Waals surface area contributed by atoms with E-state index < -0.39 is 0 Å². The van der Waals surface area contributed by atoms with E-state index in [4.69, 9.17) is 4.74 Å². The molecule has 5 nitrogen and oxygen atoms in total. The maximum absolute atomic E-state index is 12.7. The Hall–Kier alpha value is -3.60. The van der Waals surface area contributed by atoms with Gasteiger partial charge in [-0.25, -0.2) is 0 Å². The lowest BCUT2D eigenvalue weighted by Gasteiger charge is -2.17. The number of rotatable bonds is 2. The summed E-state index contributed by atoms with van der Waals surface area (Å²) in [5, 5.41) is 2.88. The third-order valence-corrected chi connectivity index (χ3v) is 4.53. The number of ether oxygens (including phenoxy) is 1. The molecule has 1 aliphatic heterocycles. The second-order valence-corrected chi connectivity index (χ2v) is 6.47. The minimum Gasteiger partial charge on any atom is -0.454 e. The number of amides is 2. The number of carbonyl (C=O) groups excluding carboxylic acids is 2. The summed E-state index contributed by atoms with van der Waals surface area (Å²) in [5.41, 5.74) is 3.41. The maximum Gasteiger partial charge on any atom is 0.261 e. The van der Waals surface area contributed by atoms with Crippen LogP contribution in [0, 0.1) is 6.92 Å². The standard InChI is InChI=1S/C22H18N2O3/c1-14-7-9-15(10-8-14)21(25)23-16-11-12-18-20(13-16)27-19-6-4-3-5-17(19)22(26)24(18)2/h3-13H,1-2H3,(H,23,25). The van der Waals surface area contributed by atoms with Gasteiger partial charge in [0.05, 0.1) is 11.3 Å². The number of hydrogen-bond donors (Lipinski definition) is 1. The number of aryl methyl sites for hydroxylation is 1. The van der Waals surface area contributed by atoms with E-state index in [2.05, 4.69) is 5.32 Å². The third-order valence-electron chi connectivity index (χ3n) is 4.53. The van der Waals surface area contributed by atoms with Crippen LogP contribution < -0.4 is 15.0 Å². The highest BCUT2D eigenvalue weighted by Gasteiger charge is 2.25. The van der Waals surface area contributed by atoms with E-state index in [0.29, 0.717) is 34.0 Å². The zero-order valence-corrected chi connectivity index (χ0v) is 15.0. The first-order valence-corrected chi connectivity index (χ1v) is 8.60. The molecule has 0 bridgehead atoms. The molecule has 5 heteroatoms. The van der Waals surface area contributed by atoms with Crippen molar-refractivity contribution in [2.45, 2.75) is 6.92 Å². The Morgan fingerprint density at radius 1 is 0.963 bits per heavy atom. The first-order valence-electron chi connectivity index (χ1n) is 8.60. The number of fused-ring (bicyclic) bond motifs is 2. The Morgan fingerprint density at radius 2 is 1.70 bits per heavy atom. The Morgan fingerprint density at radius 3 is 2.48 bits per heavy atom. The van der Waals surface area contributed by atoms with Gasteiger partial charge in [-0.1, -0.05) is 29.8 Å². The second kappa shape index (κ2) is 6.61. The summed E-state index contributed by atoms with van der Waals surface area (Å²) in [5.74, 6) is 0.668. The van der Waals surface area contributed by atoms with Gasteiger partial charge in [0, 0.05) is 24.4 Å². The summed E-state index contributed by atoms with van der Waals surface area (Å²) in [7, 11) is 1.71. The lowest BCUT2D eigenvalue weighted by molar-refractivity contribution is 0.0991. The molecule has 27 heavy (non-hydrogen) atoms. The molecule has 1 N–H and O–H groups in total. The lowest BCUT2D eigenvalue weighted by Crippen LogP contribution is -2.25. The molecule has 4 rings (SSSR count). The van der Waals surface area contributed by atoms with Crippen LogP contribution in [0.5, 0.6) is 11.5 Å². The molecule has 0 radical (unpaired) electrons. The molecule has 0 saturated heterocycles. The van der Waals surface area contributed by atoms with Gasteiger partial charge in [0.2, 0.25) is 0 Å². The summed E-state index contributed by atoms with van der Waals surface area (Å²) >= 11 is 0. The minimum atomic E-state index is -0.201. The average molecular weight is 358 g/mol. The van der Waals surface area contributed by atoms with Crippen LogP contribution in [0.15, 0.2) is 66.7 Å². The fourth-order valence-corrected chi connectivity index (χ4v) is 3.00. The third kappa shape index (κ3) is 3.15. The zero-order valence-electron chi connectivity index (χ0n) is 15.0. The van der Waals surface area contributed by atoms with E-state index in [9.17, 15) is 9.59 Å². The Bertz CT molecular complexity index is 1040. The smallest absolute Gasteiger partial charge is 0.261 e. The predicted molar refractivity (Wildman–Crippen MR) is 105 cm³/mol. The van der Waals surface area contributed by atoms with Crippen LogP contribution >= 0.6 is 0 Å². The van der Waals surface area contributed by atoms with Crippen LogP contribution in [0.3, 0.4) is 0 Å². The van der Waals surface area contributed by atoms with Crippen molar-refractivity contribution in [3.63, 3.8) is 0 Å². The quantitative estimate of drug-likeness (QED) is 0.727. The second-order valence-electron chi connectivity index (χ2n) is 6.47. The summed E-state index contributed by atoms with van der Waals surface area (Å²) in [6.07, 6.45) is 0. The van der Waals surface area contributed by atoms with Crippen molar-refractivity contribution in [1.29, 1.82) is 0 Å².